The zero-order valence-electron chi connectivity index (χ0n) is 19.3. The number of aromatic nitrogens is 1. The second-order valence-corrected chi connectivity index (χ2v) is 7.73. The highest BCUT2D eigenvalue weighted by atomic mass is 16.5. The van der Waals surface area contributed by atoms with E-state index in [4.69, 9.17) is 29.5 Å². The summed E-state index contributed by atoms with van der Waals surface area (Å²) < 4.78 is 5.23. The molecule has 2 aromatic carbocycles. The molecule has 0 amide bonds. The highest BCUT2D eigenvalue weighted by molar-refractivity contribution is 6.27. The Bertz CT molecular complexity index is 1140. The maximum absolute atomic E-state index is 9.10. The molecule has 1 aromatic heterocycles. The molecular formula is C26H29N3O5. The molecule has 1 aliphatic rings. The maximum atomic E-state index is 9.10. The maximum Gasteiger partial charge on any atom is 0.414 e. The van der Waals surface area contributed by atoms with Crippen molar-refractivity contribution >= 4 is 40.7 Å². The Balaban J connectivity index is 0.000000481. The predicted molar refractivity (Wildman–Crippen MR) is 133 cm³/mol. The Morgan fingerprint density at radius 2 is 1.62 bits per heavy atom. The van der Waals surface area contributed by atoms with Crippen molar-refractivity contribution in [1.82, 2.24) is 9.88 Å². The molecule has 8 nitrogen and oxygen atoms in total. The largest absolute Gasteiger partial charge is 0.497 e. The number of carbonyl (C=O) groups is 2. The van der Waals surface area contributed by atoms with Crippen molar-refractivity contribution in [1.29, 1.82) is 0 Å². The van der Waals surface area contributed by atoms with Gasteiger partial charge in [0.05, 0.1) is 12.8 Å². The van der Waals surface area contributed by atoms with Crippen LogP contribution >= 0.6 is 0 Å². The van der Waals surface area contributed by atoms with Gasteiger partial charge >= 0.3 is 11.9 Å². The third kappa shape index (κ3) is 6.55. The van der Waals surface area contributed by atoms with E-state index in [1.165, 1.54) is 10.8 Å². The number of aliphatic carboxylic acids is 2. The van der Waals surface area contributed by atoms with E-state index in [1.54, 1.807) is 7.11 Å². The summed E-state index contributed by atoms with van der Waals surface area (Å²) in [6.07, 6.45) is 4.20. The fourth-order valence-electron chi connectivity index (χ4n) is 3.70. The molecule has 1 fully saturated rings. The number of likely N-dealkylation sites (N-methyl/N-ethyl adjacent to an activating group) is 1. The summed E-state index contributed by atoms with van der Waals surface area (Å²) in [5.41, 5.74) is 2.12. The number of methoxy groups -OCH3 is 1. The zero-order chi connectivity index (χ0) is 24.5. The van der Waals surface area contributed by atoms with Gasteiger partial charge in [-0.25, -0.2) is 14.6 Å². The summed E-state index contributed by atoms with van der Waals surface area (Å²) >= 11 is 0. The molecular weight excluding hydrogens is 434 g/mol. The predicted octanol–water partition coefficient (Wildman–Crippen LogP) is 3.71. The number of nitrogens with zero attached hydrogens (tertiary/aromatic N) is 3. The van der Waals surface area contributed by atoms with Crippen molar-refractivity contribution in [2.24, 2.45) is 0 Å². The number of carboxylic acid groups (broad SMARTS) is 2. The number of ether oxygens (including phenoxy) is 1. The van der Waals surface area contributed by atoms with Gasteiger partial charge in [0.2, 0.25) is 0 Å². The first-order chi connectivity index (χ1) is 16.4. The average molecular weight is 464 g/mol. The van der Waals surface area contributed by atoms with Crippen LogP contribution in [-0.4, -0.2) is 71.9 Å². The highest BCUT2D eigenvalue weighted by Crippen LogP contribution is 2.27. The second-order valence-electron chi connectivity index (χ2n) is 7.73. The molecule has 2 heterocycles. The summed E-state index contributed by atoms with van der Waals surface area (Å²) in [5, 5.41) is 17.2. The molecule has 3 aromatic rings. The molecule has 4 rings (SSSR count). The van der Waals surface area contributed by atoms with Crippen LogP contribution in [0.2, 0.25) is 0 Å². The van der Waals surface area contributed by atoms with Crippen LogP contribution in [0.5, 0.6) is 5.75 Å². The van der Waals surface area contributed by atoms with E-state index < -0.39 is 11.9 Å². The topological polar surface area (TPSA) is 103 Å². The molecule has 0 atom stereocenters. The number of hydrogen-bond acceptors (Lipinski definition) is 6. The summed E-state index contributed by atoms with van der Waals surface area (Å²) in [5.74, 6) is -1.68. The van der Waals surface area contributed by atoms with E-state index in [0.29, 0.717) is 0 Å². The molecule has 0 spiro atoms. The molecule has 1 saturated heterocycles. The van der Waals surface area contributed by atoms with Crippen LogP contribution in [0.25, 0.3) is 22.9 Å². The molecule has 178 valence electrons. The molecule has 34 heavy (non-hydrogen) atoms. The van der Waals surface area contributed by atoms with Crippen molar-refractivity contribution in [3.63, 3.8) is 0 Å². The Labute approximate surface area is 198 Å². The molecule has 0 saturated carbocycles. The molecule has 8 heteroatoms. The number of pyridine rings is 1. The first-order valence-electron chi connectivity index (χ1n) is 11.1. The quantitative estimate of drug-likeness (QED) is 0.552. The molecule has 1 aliphatic heterocycles. The number of carboxylic acids is 2. The van der Waals surface area contributed by atoms with E-state index in [9.17, 15) is 0 Å². The van der Waals surface area contributed by atoms with Gasteiger partial charge in [-0.05, 0) is 41.8 Å². The van der Waals surface area contributed by atoms with Crippen molar-refractivity contribution in [3.05, 3.63) is 65.9 Å². The van der Waals surface area contributed by atoms with Gasteiger partial charge in [-0.2, -0.15) is 0 Å². The van der Waals surface area contributed by atoms with E-state index >= 15 is 0 Å². The summed E-state index contributed by atoms with van der Waals surface area (Å²) in [7, 11) is 1.69. The molecule has 0 aliphatic carbocycles. The van der Waals surface area contributed by atoms with Gasteiger partial charge < -0.3 is 24.7 Å². The minimum atomic E-state index is -1.82. The van der Waals surface area contributed by atoms with E-state index in [2.05, 4.69) is 71.3 Å². The first-order valence-corrected chi connectivity index (χ1v) is 11.1. The minimum Gasteiger partial charge on any atom is -0.497 e. The summed E-state index contributed by atoms with van der Waals surface area (Å²) in [4.78, 5) is 28.1. The first kappa shape index (κ1) is 24.7. The number of rotatable bonds is 5. The van der Waals surface area contributed by atoms with Crippen LogP contribution in [0, 0.1) is 0 Å². The van der Waals surface area contributed by atoms with Crippen molar-refractivity contribution in [3.8, 4) is 5.75 Å². The van der Waals surface area contributed by atoms with Gasteiger partial charge in [-0.1, -0.05) is 49.4 Å². The lowest BCUT2D eigenvalue weighted by Gasteiger charge is -2.35. The Hall–Kier alpha value is -3.91. The van der Waals surface area contributed by atoms with Gasteiger partial charge in [-0.15, -0.1) is 0 Å². The van der Waals surface area contributed by atoms with Crippen LogP contribution in [0.4, 0.5) is 5.82 Å². The lowest BCUT2D eigenvalue weighted by molar-refractivity contribution is -0.159. The van der Waals surface area contributed by atoms with Gasteiger partial charge in [0, 0.05) is 31.6 Å². The smallest absolute Gasteiger partial charge is 0.414 e. The van der Waals surface area contributed by atoms with Gasteiger partial charge in [-0.3, -0.25) is 0 Å². The van der Waals surface area contributed by atoms with Crippen LogP contribution in [-0.2, 0) is 9.59 Å². The van der Waals surface area contributed by atoms with E-state index in [0.717, 1.165) is 55.5 Å². The summed E-state index contributed by atoms with van der Waals surface area (Å²) in [6, 6.07) is 18.8. The standard InChI is InChI=1S/C24H27N3O.C2H2O4/c1-3-26-14-16-27(17-15-26)24-23-7-5-4-6-20(23)18-21(25-24)11-8-19-9-12-22(28-2)13-10-19;3-1(4)2(5)6/h4-13,18H,3,14-17H2,1-2H3;(H,3,4)(H,5,6). The van der Waals surface area contributed by atoms with Crippen LogP contribution in [0.15, 0.2) is 54.6 Å². The van der Waals surface area contributed by atoms with Crippen molar-refractivity contribution in [2.75, 3.05) is 44.7 Å². The Kier molecular flexibility index (Phi) is 8.59. The second kappa shape index (κ2) is 11.8. The molecule has 0 radical (unpaired) electrons. The molecule has 0 unspecified atom stereocenters. The minimum absolute atomic E-state index is 0.870. The third-order valence-corrected chi connectivity index (χ3v) is 5.60. The third-order valence-electron chi connectivity index (χ3n) is 5.60. The lowest BCUT2D eigenvalue weighted by atomic mass is 10.1. The van der Waals surface area contributed by atoms with Gasteiger partial charge in [0.1, 0.15) is 11.6 Å². The monoisotopic (exact) mass is 463 g/mol. The molecule has 0 bridgehead atoms. The highest BCUT2D eigenvalue weighted by Gasteiger charge is 2.19. The van der Waals surface area contributed by atoms with Crippen LogP contribution in [0.1, 0.15) is 18.2 Å². The Morgan fingerprint density at radius 1 is 0.971 bits per heavy atom. The summed E-state index contributed by atoms with van der Waals surface area (Å²) in [6.45, 7) is 7.59. The zero-order valence-corrected chi connectivity index (χ0v) is 19.3. The van der Waals surface area contributed by atoms with Crippen molar-refractivity contribution in [2.45, 2.75) is 6.92 Å². The van der Waals surface area contributed by atoms with Crippen LogP contribution in [0.3, 0.4) is 0 Å². The lowest BCUT2D eigenvalue weighted by Crippen LogP contribution is -2.46. The fourth-order valence-corrected chi connectivity index (χ4v) is 3.70. The number of piperazine rings is 1. The SMILES string of the molecule is CCN1CCN(c2nc(C=Cc3ccc(OC)cc3)cc3ccccc23)CC1.O=C(O)C(=O)O. The number of fused-ring (bicyclic) bond motifs is 1. The average Bonchev–Trinajstić information content (AvgIpc) is 2.87. The number of benzene rings is 2. The number of anilines is 1. The van der Waals surface area contributed by atoms with Gasteiger partial charge in [0.25, 0.3) is 0 Å². The molecule has 2 N–H and O–H groups in total. The van der Waals surface area contributed by atoms with Crippen LogP contribution < -0.4 is 9.64 Å². The van der Waals surface area contributed by atoms with Crippen molar-refractivity contribution < 1.29 is 24.5 Å². The van der Waals surface area contributed by atoms with Gasteiger partial charge in [0.15, 0.2) is 0 Å². The fraction of sp³-hybridized carbons (Fsp3) is 0.269. The Morgan fingerprint density at radius 3 is 2.21 bits per heavy atom. The number of hydrogen-bond donors (Lipinski definition) is 2. The van der Waals surface area contributed by atoms with E-state index in [-0.39, 0.29) is 0 Å². The normalized spacial score (nSPS) is 14.0. The van der Waals surface area contributed by atoms with E-state index in [1.807, 2.05) is 12.1 Å².